The number of hydrogen-bond acceptors (Lipinski definition) is 2. The van der Waals surface area contributed by atoms with E-state index in [2.05, 4.69) is 60.5 Å². The van der Waals surface area contributed by atoms with Gasteiger partial charge in [-0.15, -0.1) is 0 Å². The van der Waals surface area contributed by atoms with Gasteiger partial charge in [0.05, 0.1) is 12.0 Å². The molecule has 4 nitrogen and oxygen atoms in total. The molecule has 1 N–H and O–H groups in total. The molecule has 0 aliphatic carbocycles. The number of nitrogens with one attached hydrogen (secondary N) is 1. The van der Waals surface area contributed by atoms with Crippen molar-refractivity contribution in [3.8, 4) is 0 Å². The van der Waals surface area contributed by atoms with Gasteiger partial charge in [-0.1, -0.05) is 27.7 Å². The van der Waals surface area contributed by atoms with Crippen LogP contribution in [-0.2, 0) is 26.3 Å². The van der Waals surface area contributed by atoms with Crippen LogP contribution in [0.15, 0.2) is 18.7 Å². The van der Waals surface area contributed by atoms with Crippen LogP contribution in [0.4, 0.5) is 0 Å². The average molecular weight is 302 g/mol. The molecule has 1 atom stereocenters. The number of imidazole rings is 2. The van der Waals surface area contributed by atoms with Crippen LogP contribution < -0.4 is 0 Å². The molecule has 0 aliphatic rings. The van der Waals surface area contributed by atoms with Crippen LogP contribution >= 0.6 is 0 Å². The first-order valence-corrected chi connectivity index (χ1v) is 8.32. The molecule has 22 heavy (non-hydrogen) atoms. The lowest BCUT2D eigenvalue weighted by molar-refractivity contribution is 0.374. The van der Waals surface area contributed by atoms with E-state index in [0.717, 1.165) is 31.4 Å². The molecule has 0 fully saturated rings. The van der Waals surface area contributed by atoms with Crippen LogP contribution in [0, 0.1) is 11.3 Å². The summed E-state index contributed by atoms with van der Waals surface area (Å²) in [6, 6.07) is 0. The van der Waals surface area contributed by atoms with Crippen molar-refractivity contribution in [2.45, 2.75) is 59.8 Å². The van der Waals surface area contributed by atoms with Gasteiger partial charge in [0.2, 0.25) is 0 Å². The Morgan fingerprint density at radius 1 is 1.23 bits per heavy atom. The van der Waals surface area contributed by atoms with E-state index in [1.807, 2.05) is 6.20 Å². The second kappa shape index (κ2) is 7.12. The van der Waals surface area contributed by atoms with Gasteiger partial charge < -0.3 is 9.55 Å². The van der Waals surface area contributed by atoms with E-state index in [1.54, 1.807) is 6.33 Å². The number of H-pyrrole nitrogens is 1. The molecule has 2 rings (SSSR count). The fourth-order valence-corrected chi connectivity index (χ4v) is 2.65. The van der Waals surface area contributed by atoms with Gasteiger partial charge in [-0.2, -0.15) is 0 Å². The van der Waals surface area contributed by atoms with Gasteiger partial charge >= 0.3 is 0 Å². The van der Waals surface area contributed by atoms with Crippen LogP contribution in [0.25, 0.3) is 0 Å². The number of hydrogen-bond donors (Lipinski definition) is 1. The standard InChI is InChI=1S/C18H30N4/c1-14(6-7-15-11-19-13-21-15)10-17-20-12-16(22(17)5)8-9-18(2,3)4/h11-14H,6-10H2,1-5H3,(H,19,21). The molecule has 2 heterocycles. The van der Waals surface area contributed by atoms with E-state index in [0.29, 0.717) is 11.3 Å². The molecule has 0 spiro atoms. The van der Waals surface area contributed by atoms with E-state index >= 15 is 0 Å². The predicted octanol–water partition coefficient (Wildman–Crippen LogP) is 3.93. The van der Waals surface area contributed by atoms with Crippen LogP contribution in [-0.4, -0.2) is 19.5 Å². The summed E-state index contributed by atoms with van der Waals surface area (Å²) in [7, 11) is 2.15. The van der Waals surface area contributed by atoms with Gasteiger partial charge in [0.1, 0.15) is 5.82 Å². The molecular weight excluding hydrogens is 272 g/mol. The van der Waals surface area contributed by atoms with Gasteiger partial charge in [-0.3, -0.25) is 0 Å². The minimum atomic E-state index is 0.376. The highest BCUT2D eigenvalue weighted by Gasteiger charge is 2.14. The molecule has 122 valence electrons. The first kappa shape index (κ1) is 16.8. The van der Waals surface area contributed by atoms with Crippen molar-refractivity contribution in [3.63, 3.8) is 0 Å². The Morgan fingerprint density at radius 2 is 2.00 bits per heavy atom. The number of rotatable bonds is 7. The molecule has 0 bridgehead atoms. The third-order valence-corrected chi connectivity index (χ3v) is 4.29. The van der Waals surface area contributed by atoms with Crippen molar-refractivity contribution in [3.05, 3.63) is 35.9 Å². The fourth-order valence-electron chi connectivity index (χ4n) is 2.65. The van der Waals surface area contributed by atoms with E-state index < -0.39 is 0 Å². The van der Waals surface area contributed by atoms with Crippen LogP contribution in [0.3, 0.4) is 0 Å². The third-order valence-electron chi connectivity index (χ3n) is 4.29. The highest BCUT2D eigenvalue weighted by atomic mass is 15.1. The Kier molecular flexibility index (Phi) is 5.43. The van der Waals surface area contributed by atoms with Crippen LogP contribution in [0.5, 0.6) is 0 Å². The van der Waals surface area contributed by atoms with Crippen molar-refractivity contribution >= 4 is 0 Å². The second-order valence-corrected chi connectivity index (χ2v) is 7.69. The van der Waals surface area contributed by atoms with Crippen LogP contribution in [0.2, 0.25) is 0 Å². The van der Waals surface area contributed by atoms with Gasteiger partial charge in [-0.25, -0.2) is 9.97 Å². The van der Waals surface area contributed by atoms with Gasteiger partial charge in [0, 0.05) is 31.6 Å². The van der Waals surface area contributed by atoms with Crippen molar-refractivity contribution in [1.29, 1.82) is 0 Å². The zero-order valence-electron chi connectivity index (χ0n) is 14.7. The summed E-state index contributed by atoms with van der Waals surface area (Å²) in [5.74, 6) is 1.83. The average Bonchev–Trinajstić information content (AvgIpc) is 3.05. The van der Waals surface area contributed by atoms with E-state index in [1.165, 1.54) is 17.9 Å². The third kappa shape index (κ3) is 5.00. The zero-order valence-corrected chi connectivity index (χ0v) is 14.7. The molecular formula is C18H30N4. The lowest BCUT2D eigenvalue weighted by Crippen LogP contribution is -2.11. The van der Waals surface area contributed by atoms with Crippen molar-refractivity contribution in [1.82, 2.24) is 19.5 Å². The number of nitrogens with zero attached hydrogens (tertiary/aromatic N) is 3. The maximum Gasteiger partial charge on any atom is 0.108 e. The Hall–Kier alpha value is -1.58. The topological polar surface area (TPSA) is 46.5 Å². The Labute approximate surface area is 134 Å². The molecule has 0 aliphatic heterocycles. The predicted molar refractivity (Wildman–Crippen MR) is 90.8 cm³/mol. The molecule has 0 amide bonds. The lowest BCUT2D eigenvalue weighted by atomic mass is 9.90. The summed E-state index contributed by atoms with van der Waals surface area (Å²) in [5, 5.41) is 0. The summed E-state index contributed by atoms with van der Waals surface area (Å²) in [5.41, 5.74) is 2.88. The molecule has 0 radical (unpaired) electrons. The normalized spacial score (nSPS) is 13.5. The van der Waals surface area contributed by atoms with E-state index in [-0.39, 0.29) is 0 Å². The molecule has 4 heteroatoms. The van der Waals surface area contributed by atoms with Gasteiger partial charge in [0.15, 0.2) is 0 Å². The highest BCUT2D eigenvalue weighted by Crippen LogP contribution is 2.22. The van der Waals surface area contributed by atoms with Gasteiger partial charge in [0.25, 0.3) is 0 Å². The van der Waals surface area contributed by atoms with Crippen LogP contribution in [0.1, 0.15) is 57.7 Å². The summed E-state index contributed by atoms with van der Waals surface area (Å²) >= 11 is 0. The van der Waals surface area contributed by atoms with E-state index in [9.17, 15) is 0 Å². The summed E-state index contributed by atoms with van der Waals surface area (Å²) in [4.78, 5) is 11.9. The largest absolute Gasteiger partial charge is 0.351 e. The lowest BCUT2D eigenvalue weighted by Gasteiger charge is -2.18. The molecule has 2 aromatic heterocycles. The SMILES string of the molecule is CC(CCc1c[nH]cn1)Cc1ncc(CCC(C)(C)C)n1C. The summed E-state index contributed by atoms with van der Waals surface area (Å²) in [6.07, 6.45) is 11.3. The molecule has 2 aromatic rings. The smallest absolute Gasteiger partial charge is 0.108 e. The van der Waals surface area contributed by atoms with E-state index in [4.69, 9.17) is 0 Å². The molecule has 0 aromatic carbocycles. The summed E-state index contributed by atoms with van der Waals surface area (Å²) < 4.78 is 2.29. The molecule has 0 saturated carbocycles. The Bertz CT molecular complexity index is 560. The molecule has 1 unspecified atom stereocenters. The first-order chi connectivity index (χ1) is 10.3. The van der Waals surface area contributed by atoms with Crippen molar-refractivity contribution < 1.29 is 0 Å². The van der Waals surface area contributed by atoms with Crippen molar-refractivity contribution in [2.24, 2.45) is 18.4 Å². The quantitative estimate of drug-likeness (QED) is 0.842. The minimum absolute atomic E-state index is 0.376. The number of aromatic amines is 1. The maximum absolute atomic E-state index is 4.64. The van der Waals surface area contributed by atoms with Gasteiger partial charge in [-0.05, 0) is 37.0 Å². The van der Waals surface area contributed by atoms with Crippen molar-refractivity contribution in [2.75, 3.05) is 0 Å². The summed E-state index contributed by atoms with van der Waals surface area (Å²) in [6.45, 7) is 9.18. The Morgan fingerprint density at radius 3 is 2.64 bits per heavy atom. The fraction of sp³-hybridized carbons (Fsp3) is 0.667. The zero-order chi connectivity index (χ0) is 16.2. The minimum Gasteiger partial charge on any atom is -0.351 e. The first-order valence-electron chi connectivity index (χ1n) is 8.32. The molecule has 0 saturated heterocycles. The Balaban J connectivity index is 1.86. The second-order valence-electron chi connectivity index (χ2n) is 7.69. The highest BCUT2D eigenvalue weighted by molar-refractivity contribution is 5.06. The monoisotopic (exact) mass is 302 g/mol. The maximum atomic E-state index is 4.64. The number of aryl methyl sites for hydroxylation is 2. The number of aromatic nitrogens is 4.